The van der Waals surface area contributed by atoms with Gasteiger partial charge in [0.1, 0.15) is 5.75 Å². The van der Waals surface area contributed by atoms with Gasteiger partial charge in [-0.2, -0.15) is 0 Å². The van der Waals surface area contributed by atoms with Gasteiger partial charge in [-0.3, -0.25) is 0 Å². The molecule has 0 saturated heterocycles. The lowest BCUT2D eigenvalue weighted by Crippen LogP contribution is -2.06. The molecule has 0 unspecified atom stereocenters. The third-order valence-corrected chi connectivity index (χ3v) is 2.78. The maximum absolute atomic E-state index is 5.95. The van der Waals surface area contributed by atoms with Crippen molar-refractivity contribution in [3.05, 3.63) is 54.1 Å². The van der Waals surface area contributed by atoms with Gasteiger partial charge in [0.15, 0.2) is 11.5 Å². The Morgan fingerprint density at radius 1 is 0.947 bits per heavy atom. The molecule has 3 nitrogen and oxygen atoms in total. The van der Waals surface area contributed by atoms with Crippen molar-refractivity contribution < 1.29 is 9.47 Å². The Labute approximate surface area is 114 Å². The number of hydrogen-bond donors (Lipinski definition) is 1. The van der Waals surface area contributed by atoms with Crippen LogP contribution in [-0.2, 0) is 0 Å². The highest BCUT2D eigenvalue weighted by atomic mass is 16.5. The van der Waals surface area contributed by atoms with E-state index in [0.29, 0.717) is 12.4 Å². The Morgan fingerprint density at radius 2 is 1.53 bits per heavy atom. The molecule has 2 aromatic rings. The van der Waals surface area contributed by atoms with E-state index in [0.717, 1.165) is 17.1 Å². The topological polar surface area (TPSA) is 44.5 Å². The van der Waals surface area contributed by atoms with Crippen LogP contribution in [0.3, 0.4) is 0 Å². The molecule has 0 heterocycles. The summed E-state index contributed by atoms with van der Waals surface area (Å²) < 4.78 is 11.5. The fourth-order valence-corrected chi connectivity index (χ4v) is 1.88. The lowest BCUT2D eigenvalue weighted by Gasteiger charge is -2.15. The molecular weight excluding hydrogens is 238 g/mol. The number of nitrogens with two attached hydrogens (primary N) is 1. The molecule has 100 valence electrons. The summed E-state index contributed by atoms with van der Waals surface area (Å²) in [5.74, 6) is 2.21. The van der Waals surface area contributed by atoms with E-state index in [9.17, 15) is 0 Å². The standard InChI is InChI=1S/C16H19NO2/c1-3-18-15-10-6-7-11-16(15)19-14-9-5-4-8-13(14)12(2)17/h4-12H,3,17H2,1-2H3/t12-/m1/s1. The Kier molecular flexibility index (Phi) is 4.42. The molecule has 0 amide bonds. The van der Waals surface area contributed by atoms with Crippen LogP contribution >= 0.6 is 0 Å². The summed E-state index contributed by atoms with van der Waals surface area (Å²) in [6.45, 7) is 4.50. The van der Waals surface area contributed by atoms with Crippen LogP contribution in [0.5, 0.6) is 17.2 Å². The van der Waals surface area contributed by atoms with Crippen molar-refractivity contribution >= 4 is 0 Å². The zero-order chi connectivity index (χ0) is 13.7. The van der Waals surface area contributed by atoms with Crippen LogP contribution in [-0.4, -0.2) is 6.61 Å². The summed E-state index contributed by atoms with van der Waals surface area (Å²) in [5.41, 5.74) is 6.93. The number of rotatable bonds is 5. The molecule has 1 atom stereocenters. The molecule has 0 saturated carbocycles. The number of hydrogen-bond acceptors (Lipinski definition) is 3. The zero-order valence-electron chi connectivity index (χ0n) is 11.3. The van der Waals surface area contributed by atoms with E-state index in [4.69, 9.17) is 15.2 Å². The molecule has 19 heavy (non-hydrogen) atoms. The Bertz CT molecular complexity index is 538. The quantitative estimate of drug-likeness (QED) is 0.883. The second kappa shape index (κ2) is 6.25. The van der Waals surface area contributed by atoms with Gasteiger partial charge in [0.2, 0.25) is 0 Å². The van der Waals surface area contributed by atoms with E-state index in [-0.39, 0.29) is 6.04 Å². The van der Waals surface area contributed by atoms with Crippen molar-refractivity contribution in [2.45, 2.75) is 19.9 Å². The number of benzene rings is 2. The molecule has 2 N–H and O–H groups in total. The first-order chi connectivity index (χ1) is 9.22. The van der Waals surface area contributed by atoms with Gasteiger partial charge in [0.05, 0.1) is 6.61 Å². The number of para-hydroxylation sites is 3. The van der Waals surface area contributed by atoms with Gasteiger partial charge >= 0.3 is 0 Å². The molecule has 0 radical (unpaired) electrons. The first kappa shape index (κ1) is 13.4. The van der Waals surface area contributed by atoms with Crippen LogP contribution in [0.4, 0.5) is 0 Å². The van der Waals surface area contributed by atoms with E-state index in [1.165, 1.54) is 0 Å². The molecule has 0 aromatic heterocycles. The third-order valence-electron chi connectivity index (χ3n) is 2.78. The van der Waals surface area contributed by atoms with Crippen LogP contribution in [0.2, 0.25) is 0 Å². The van der Waals surface area contributed by atoms with Crippen molar-refractivity contribution in [3.63, 3.8) is 0 Å². The average Bonchev–Trinajstić information content (AvgIpc) is 2.42. The Hall–Kier alpha value is -2.00. The van der Waals surface area contributed by atoms with Gasteiger partial charge in [0.25, 0.3) is 0 Å². The SMILES string of the molecule is CCOc1ccccc1Oc1ccccc1[C@@H](C)N. The molecule has 0 aliphatic heterocycles. The van der Waals surface area contributed by atoms with Crippen LogP contribution in [0.25, 0.3) is 0 Å². The smallest absolute Gasteiger partial charge is 0.169 e. The highest BCUT2D eigenvalue weighted by Gasteiger charge is 2.10. The first-order valence-corrected chi connectivity index (χ1v) is 6.46. The third kappa shape index (κ3) is 3.26. The van der Waals surface area contributed by atoms with E-state index >= 15 is 0 Å². The predicted octanol–water partition coefficient (Wildman–Crippen LogP) is 3.90. The van der Waals surface area contributed by atoms with Crippen molar-refractivity contribution in [1.82, 2.24) is 0 Å². The molecular formula is C16H19NO2. The minimum Gasteiger partial charge on any atom is -0.490 e. The van der Waals surface area contributed by atoms with Crippen LogP contribution in [0, 0.1) is 0 Å². The monoisotopic (exact) mass is 257 g/mol. The van der Waals surface area contributed by atoms with Gasteiger partial charge in [-0.25, -0.2) is 0 Å². The first-order valence-electron chi connectivity index (χ1n) is 6.46. The minimum atomic E-state index is -0.0737. The second-order valence-corrected chi connectivity index (χ2v) is 4.31. The normalized spacial score (nSPS) is 11.9. The van der Waals surface area contributed by atoms with Crippen molar-refractivity contribution in [2.75, 3.05) is 6.61 Å². The summed E-state index contributed by atoms with van der Waals surface area (Å²) in [6, 6.07) is 15.4. The van der Waals surface area contributed by atoms with E-state index in [1.807, 2.05) is 62.4 Å². The predicted molar refractivity (Wildman–Crippen MR) is 76.7 cm³/mol. The van der Waals surface area contributed by atoms with Crippen molar-refractivity contribution in [3.8, 4) is 17.2 Å². The maximum Gasteiger partial charge on any atom is 0.169 e. The fourth-order valence-electron chi connectivity index (χ4n) is 1.88. The van der Waals surface area contributed by atoms with Gasteiger partial charge in [-0.05, 0) is 32.0 Å². The van der Waals surface area contributed by atoms with Gasteiger partial charge in [-0.1, -0.05) is 30.3 Å². The van der Waals surface area contributed by atoms with E-state index in [1.54, 1.807) is 0 Å². The minimum absolute atomic E-state index is 0.0737. The molecule has 2 rings (SSSR count). The van der Waals surface area contributed by atoms with Gasteiger partial charge in [-0.15, -0.1) is 0 Å². The van der Waals surface area contributed by atoms with Gasteiger partial charge < -0.3 is 15.2 Å². The molecule has 0 aliphatic carbocycles. The number of ether oxygens (including phenoxy) is 2. The average molecular weight is 257 g/mol. The van der Waals surface area contributed by atoms with Crippen molar-refractivity contribution in [1.29, 1.82) is 0 Å². The highest BCUT2D eigenvalue weighted by molar-refractivity contribution is 5.45. The van der Waals surface area contributed by atoms with Crippen LogP contribution in [0.1, 0.15) is 25.5 Å². The summed E-state index contributed by atoms with van der Waals surface area (Å²) in [5, 5.41) is 0. The van der Waals surface area contributed by atoms with Crippen LogP contribution in [0.15, 0.2) is 48.5 Å². The molecule has 3 heteroatoms. The molecule has 2 aromatic carbocycles. The fraction of sp³-hybridized carbons (Fsp3) is 0.250. The zero-order valence-corrected chi connectivity index (χ0v) is 11.3. The lowest BCUT2D eigenvalue weighted by atomic mass is 10.1. The van der Waals surface area contributed by atoms with E-state index in [2.05, 4.69) is 0 Å². The van der Waals surface area contributed by atoms with Crippen molar-refractivity contribution in [2.24, 2.45) is 5.73 Å². The summed E-state index contributed by atoms with van der Waals surface area (Å²) in [6.07, 6.45) is 0. The molecule has 0 spiro atoms. The molecule has 0 bridgehead atoms. The Balaban J connectivity index is 2.31. The summed E-state index contributed by atoms with van der Waals surface area (Å²) in [4.78, 5) is 0. The second-order valence-electron chi connectivity index (χ2n) is 4.31. The Morgan fingerprint density at radius 3 is 2.16 bits per heavy atom. The van der Waals surface area contributed by atoms with Gasteiger partial charge in [0, 0.05) is 11.6 Å². The van der Waals surface area contributed by atoms with E-state index < -0.39 is 0 Å². The maximum atomic E-state index is 5.95. The van der Waals surface area contributed by atoms with Crippen LogP contribution < -0.4 is 15.2 Å². The lowest BCUT2D eigenvalue weighted by molar-refractivity contribution is 0.320. The summed E-state index contributed by atoms with van der Waals surface area (Å²) >= 11 is 0. The summed E-state index contributed by atoms with van der Waals surface area (Å²) in [7, 11) is 0. The highest BCUT2D eigenvalue weighted by Crippen LogP contribution is 2.34. The molecule has 0 aliphatic rings. The molecule has 0 fully saturated rings. The largest absolute Gasteiger partial charge is 0.490 e.